The van der Waals surface area contributed by atoms with Crippen molar-refractivity contribution in [2.24, 2.45) is 17.6 Å². The summed E-state index contributed by atoms with van der Waals surface area (Å²) in [7, 11) is 0. The Morgan fingerprint density at radius 3 is 2.94 bits per heavy atom. The number of halogens is 1. The van der Waals surface area contributed by atoms with Gasteiger partial charge in [0.1, 0.15) is 0 Å². The minimum absolute atomic E-state index is 0.435. The van der Waals surface area contributed by atoms with Crippen LogP contribution < -0.4 is 5.73 Å². The zero-order chi connectivity index (χ0) is 11.8. The standard InChI is InChI=1S/C14H19ClN2/c15-12-3-1-2-10(6-12)7-17-8-11-4-5-14(16)13(11)9-17/h1-3,6,11,13-14H,4-5,7-9,16H2. The highest BCUT2D eigenvalue weighted by Gasteiger charge is 2.40. The van der Waals surface area contributed by atoms with E-state index in [1.54, 1.807) is 0 Å². The van der Waals surface area contributed by atoms with E-state index in [0.717, 1.165) is 23.4 Å². The van der Waals surface area contributed by atoms with Gasteiger partial charge in [-0.05, 0) is 42.4 Å². The molecule has 1 aromatic carbocycles. The van der Waals surface area contributed by atoms with Crippen molar-refractivity contribution in [2.45, 2.75) is 25.4 Å². The predicted octanol–water partition coefficient (Wildman–Crippen LogP) is 2.51. The second-order valence-corrected chi connectivity index (χ2v) is 5.93. The summed E-state index contributed by atoms with van der Waals surface area (Å²) in [5.41, 5.74) is 7.46. The Bertz CT molecular complexity index is 407. The number of benzene rings is 1. The summed E-state index contributed by atoms with van der Waals surface area (Å²) in [6.07, 6.45) is 2.54. The van der Waals surface area contributed by atoms with Gasteiger partial charge in [-0.25, -0.2) is 0 Å². The molecule has 0 amide bonds. The number of rotatable bonds is 2. The molecule has 0 bridgehead atoms. The molecule has 0 aromatic heterocycles. The second-order valence-electron chi connectivity index (χ2n) is 5.49. The van der Waals surface area contributed by atoms with E-state index in [-0.39, 0.29) is 0 Å². The molecule has 2 N–H and O–H groups in total. The average Bonchev–Trinajstić information content (AvgIpc) is 2.82. The molecule has 1 aromatic rings. The zero-order valence-corrected chi connectivity index (χ0v) is 10.7. The van der Waals surface area contributed by atoms with Crippen molar-refractivity contribution in [3.63, 3.8) is 0 Å². The predicted molar refractivity (Wildman–Crippen MR) is 70.9 cm³/mol. The van der Waals surface area contributed by atoms with Crippen LogP contribution in [0.25, 0.3) is 0 Å². The average molecular weight is 251 g/mol. The third-order valence-corrected chi connectivity index (χ3v) is 4.52. The van der Waals surface area contributed by atoms with Gasteiger partial charge in [-0.2, -0.15) is 0 Å². The lowest BCUT2D eigenvalue weighted by Gasteiger charge is -2.18. The highest BCUT2D eigenvalue weighted by molar-refractivity contribution is 6.30. The quantitative estimate of drug-likeness (QED) is 0.874. The minimum Gasteiger partial charge on any atom is -0.327 e. The molecule has 3 rings (SSSR count). The molecule has 1 aliphatic carbocycles. The molecule has 1 saturated heterocycles. The molecule has 1 saturated carbocycles. The minimum atomic E-state index is 0.435. The molecule has 17 heavy (non-hydrogen) atoms. The van der Waals surface area contributed by atoms with Crippen LogP contribution in [0.3, 0.4) is 0 Å². The molecule has 2 nitrogen and oxygen atoms in total. The Balaban J connectivity index is 1.64. The van der Waals surface area contributed by atoms with Crippen LogP contribution in [0.1, 0.15) is 18.4 Å². The molecule has 0 spiro atoms. The molecule has 3 unspecified atom stereocenters. The summed E-state index contributed by atoms with van der Waals surface area (Å²) in [4.78, 5) is 2.53. The number of nitrogens with two attached hydrogens (primary N) is 1. The Kier molecular flexibility index (Phi) is 3.12. The monoisotopic (exact) mass is 250 g/mol. The Morgan fingerprint density at radius 1 is 1.29 bits per heavy atom. The van der Waals surface area contributed by atoms with Crippen molar-refractivity contribution in [1.82, 2.24) is 4.90 Å². The van der Waals surface area contributed by atoms with E-state index in [1.807, 2.05) is 12.1 Å². The van der Waals surface area contributed by atoms with Crippen LogP contribution in [0.5, 0.6) is 0 Å². The van der Waals surface area contributed by atoms with Crippen LogP contribution in [-0.2, 0) is 6.54 Å². The highest BCUT2D eigenvalue weighted by atomic mass is 35.5. The molecule has 2 fully saturated rings. The first-order valence-corrected chi connectivity index (χ1v) is 6.82. The fourth-order valence-corrected chi connectivity index (χ4v) is 3.64. The van der Waals surface area contributed by atoms with E-state index in [9.17, 15) is 0 Å². The smallest absolute Gasteiger partial charge is 0.0409 e. The molecule has 3 atom stereocenters. The SMILES string of the molecule is NC1CCC2CN(Cc3cccc(Cl)c3)CC12. The van der Waals surface area contributed by atoms with Gasteiger partial charge in [0.2, 0.25) is 0 Å². The molecule has 1 aliphatic heterocycles. The van der Waals surface area contributed by atoms with Crippen LogP contribution in [0.4, 0.5) is 0 Å². The summed E-state index contributed by atoms with van der Waals surface area (Å²) >= 11 is 6.01. The topological polar surface area (TPSA) is 29.3 Å². The lowest BCUT2D eigenvalue weighted by Crippen LogP contribution is -2.30. The summed E-state index contributed by atoms with van der Waals surface area (Å²) in [5, 5.41) is 0.832. The van der Waals surface area contributed by atoms with Gasteiger partial charge in [0.25, 0.3) is 0 Å². The number of likely N-dealkylation sites (tertiary alicyclic amines) is 1. The fraction of sp³-hybridized carbons (Fsp3) is 0.571. The first-order chi connectivity index (χ1) is 8.22. The first-order valence-electron chi connectivity index (χ1n) is 6.45. The number of nitrogens with zero attached hydrogens (tertiary/aromatic N) is 1. The van der Waals surface area contributed by atoms with Crippen LogP contribution in [0.15, 0.2) is 24.3 Å². The Labute approximate surface area is 108 Å². The summed E-state index contributed by atoms with van der Waals surface area (Å²) in [5.74, 6) is 1.57. The van der Waals surface area contributed by atoms with E-state index >= 15 is 0 Å². The summed E-state index contributed by atoms with van der Waals surface area (Å²) < 4.78 is 0. The van der Waals surface area contributed by atoms with E-state index < -0.39 is 0 Å². The third-order valence-electron chi connectivity index (χ3n) is 4.28. The largest absolute Gasteiger partial charge is 0.327 e. The summed E-state index contributed by atoms with van der Waals surface area (Å²) in [6, 6.07) is 8.61. The second kappa shape index (κ2) is 4.60. The van der Waals surface area contributed by atoms with Crippen molar-refractivity contribution in [3.05, 3.63) is 34.9 Å². The molecule has 2 aliphatic rings. The maximum Gasteiger partial charge on any atom is 0.0409 e. The first kappa shape index (κ1) is 11.5. The molecular formula is C14H19ClN2. The van der Waals surface area contributed by atoms with Gasteiger partial charge in [-0.1, -0.05) is 23.7 Å². The van der Waals surface area contributed by atoms with Crippen LogP contribution in [0.2, 0.25) is 5.02 Å². The van der Waals surface area contributed by atoms with Crippen LogP contribution >= 0.6 is 11.6 Å². The summed E-state index contributed by atoms with van der Waals surface area (Å²) in [6.45, 7) is 3.39. The van der Waals surface area contributed by atoms with Crippen molar-refractivity contribution >= 4 is 11.6 Å². The maximum atomic E-state index is 6.15. The van der Waals surface area contributed by atoms with Gasteiger partial charge in [-0.15, -0.1) is 0 Å². The number of hydrogen-bond donors (Lipinski definition) is 1. The van der Waals surface area contributed by atoms with Gasteiger partial charge in [0.05, 0.1) is 0 Å². The van der Waals surface area contributed by atoms with Crippen molar-refractivity contribution in [3.8, 4) is 0 Å². The molecule has 0 radical (unpaired) electrons. The van der Waals surface area contributed by atoms with Crippen molar-refractivity contribution in [1.29, 1.82) is 0 Å². The zero-order valence-electron chi connectivity index (χ0n) is 9.98. The van der Waals surface area contributed by atoms with Gasteiger partial charge in [-0.3, -0.25) is 4.90 Å². The third kappa shape index (κ3) is 2.35. The van der Waals surface area contributed by atoms with E-state index in [1.165, 1.54) is 31.5 Å². The Hall–Kier alpha value is -0.570. The maximum absolute atomic E-state index is 6.15. The molecular weight excluding hydrogens is 232 g/mol. The van der Waals surface area contributed by atoms with Crippen molar-refractivity contribution < 1.29 is 0 Å². The van der Waals surface area contributed by atoms with Gasteiger partial charge >= 0.3 is 0 Å². The fourth-order valence-electron chi connectivity index (χ4n) is 3.42. The van der Waals surface area contributed by atoms with Crippen molar-refractivity contribution in [2.75, 3.05) is 13.1 Å². The number of fused-ring (bicyclic) bond motifs is 1. The molecule has 92 valence electrons. The molecule has 1 heterocycles. The highest BCUT2D eigenvalue weighted by Crippen LogP contribution is 2.37. The van der Waals surface area contributed by atoms with Crippen LogP contribution in [-0.4, -0.2) is 24.0 Å². The van der Waals surface area contributed by atoms with Crippen LogP contribution in [0, 0.1) is 11.8 Å². The van der Waals surface area contributed by atoms with Gasteiger partial charge in [0.15, 0.2) is 0 Å². The van der Waals surface area contributed by atoms with E-state index in [4.69, 9.17) is 17.3 Å². The lowest BCUT2D eigenvalue weighted by molar-refractivity contribution is 0.298. The normalized spacial score (nSPS) is 32.9. The lowest BCUT2D eigenvalue weighted by atomic mass is 9.98. The Morgan fingerprint density at radius 2 is 2.18 bits per heavy atom. The van der Waals surface area contributed by atoms with E-state index in [0.29, 0.717) is 6.04 Å². The molecule has 3 heteroatoms. The van der Waals surface area contributed by atoms with E-state index in [2.05, 4.69) is 17.0 Å². The van der Waals surface area contributed by atoms with Gasteiger partial charge < -0.3 is 5.73 Å². The van der Waals surface area contributed by atoms with Gasteiger partial charge in [0, 0.05) is 30.7 Å². The number of hydrogen-bond acceptors (Lipinski definition) is 2.